The van der Waals surface area contributed by atoms with Crippen molar-refractivity contribution in [3.05, 3.63) is 35.5 Å². The van der Waals surface area contributed by atoms with E-state index in [1.165, 1.54) is 12.8 Å². The van der Waals surface area contributed by atoms with E-state index in [1.54, 1.807) is 13.1 Å². The molecule has 0 N–H and O–H groups in total. The molecular weight excluding hydrogens is 278 g/mol. The van der Waals surface area contributed by atoms with E-state index in [2.05, 4.69) is 31.6 Å². The summed E-state index contributed by atoms with van der Waals surface area (Å²) in [6, 6.07) is 4.09. The lowest BCUT2D eigenvalue weighted by Crippen LogP contribution is -2.37. The minimum absolute atomic E-state index is 0.0416. The first-order chi connectivity index (χ1) is 10.6. The second-order valence-electron chi connectivity index (χ2n) is 6.31. The van der Waals surface area contributed by atoms with Crippen LogP contribution in [-0.2, 0) is 6.54 Å². The van der Waals surface area contributed by atoms with E-state index < -0.39 is 0 Å². The first-order valence-corrected chi connectivity index (χ1v) is 7.79. The summed E-state index contributed by atoms with van der Waals surface area (Å²) in [7, 11) is 0. The van der Waals surface area contributed by atoms with E-state index in [-0.39, 0.29) is 5.78 Å². The maximum absolute atomic E-state index is 11.3. The number of nitrogens with zero attached hydrogens (tertiary/aromatic N) is 5. The summed E-state index contributed by atoms with van der Waals surface area (Å²) < 4.78 is 2.30. The minimum atomic E-state index is 0.0416. The number of anilines is 1. The van der Waals surface area contributed by atoms with Gasteiger partial charge in [-0.3, -0.25) is 4.79 Å². The van der Waals surface area contributed by atoms with E-state index in [1.807, 2.05) is 12.1 Å². The molecule has 3 heterocycles. The van der Waals surface area contributed by atoms with E-state index in [0.29, 0.717) is 17.5 Å². The molecule has 0 amide bonds. The van der Waals surface area contributed by atoms with Crippen LogP contribution in [0, 0.1) is 0 Å². The largest absolute Gasteiger partial charge is 0.347 e. The minimum Gasteiger partial charge on any atom is -0.347 e. The number of aromatic nitrogens is 4. The molecule has 2 aromatic heterocycles. The summed E-state index contributed by atoms with van der Waals surface area (Å²) in [5.74, 6) is 3.71. The van der Waals surface area contributed by atoms with Crippen LogP contribution in [0.4, 0.5) is 5.82 Å². The van der Waals surface area contributed by atoms with Crippen molar-refractivity contribution in [2.45, 2.75) is 45.2 Å². The van der Waals surface area contributed by atoms with Crippen molar-refractivity contribution < 1.29 is 4.79 Å². The Balaban J connectivity index is 1.61. The van der Waals surface area contributed by atoms with E-state index in [9.17, 15) is 4.79 Å². The maximum atomic E-state index is 11.3. The van der Waals surface area contributed by atoms with Crippen LogP contribution in [0.5, 0.6) is 0 Å². The molecule has 6 nitrogen and oxygen atoms in total. The van der Waals surface area contributed by atoms with Crippen molar-refractivity contribution in [1.82, 2.24) is 19.7 Å². The van der Waals surface area contributed by atoms with Crippen molar-refractivity contribution in [3.8, 4) is 0 Å². The molecule has 0 unspecified atom stereocenters. The van der Waals surface area contributed by atoms with Crippen molar-refractivity contribution in [2.75, 3.05) is 11.4 Å². The molecule has 1 aliphatic carbocycles. The van der Waals surface area contributed by atoms with Crippen molar-refractivity contribution in [3.63, 3.8) is 0 Å². The number of pyridine rings is 1. The molecule has 0 radical (unpaired) electrons. The molecule has 0 aromatic carbocycles. The van der Waals surface area contributed by atoms with Gasteiger partial charge in [0, 0.05) is 24.2 Å². The molecule has 4 rings (SSSR count). The summed E-state index contributed by atoms with van der Waals surface area (Å²) >= 11 is 0. The fourth-order valence-corrected chi connectivity index (χ4v) is 3.14. The molecule has 1 fully saturated rings. The summed E-state index contributed by atoms with van der Waals surface area (Å²) in [4.78, 5) is 18.0. The predicted octanol–water partition coefficient (Wildman–Crippen LogP) is 2.33. The molecule has 1 atom stereocenters. The van der Waals surface area contributed by atoms with Gasteiger partial charge in [0.25, 0.3) is 0 Å². The van der Waals surface area contributed by atoms with Gasteiger partial charge in [0.05, 0.1) is 12.6 Å². The lowest BCUT2D eigenvalue weighted by atomic mass is 10.2. The van der Waals surface area contributed by atoms with Crippen LogP contribution >= 0.6 is 0 Å². The monoisotopic (exact) mass is 297 g/mol. The van der Waals surface area contributed by atoms with Crippen molar-refractivity contribution >= 4 is 11.6 Å². The zero-order valence-corrected chi connectivity index (χ0v) is 12.9. The first kappa shape index (κ1) is 13.4. The molecule has 114 valence electrons. The second kappa shape index (κ2) is 4.90. The molecule has 0 saturated heterocycles. The average Bonchev–Trinajstić information content (AvgIpc) is 3.27. The van der Waals surface area contributed by atoms with E-state index >= 15 is 0 Å². The van der Waals surface area contributed by atoms with Gasteiger partial charge in [-0.15, -0.1) is 10.2 Å². The van der Waals surface area contributed by atoms with Crippen molar-refractivity contribution in [2.24, 2.45) is 0 Å². The maximum Gasteiger partial charge on any atom is 0.161 e. The average molecular weight is 297 g/mol. The summed E-state index contributed by atoms with van der Waals surface area (Å²) in [6.07, 6.45) is 4.13. The predicted molar refractivity (Wildman–Crippen MR) is 82.0 cm³/mol. The first-order valence-electron chi connectivity index (χ1n) is 7.79. The summed E-state index contributed by atoms with van der Waals surface area (Å²) in [5.41, 5.74) is 0.646. The zero-order chi connectivity index (χ0) is 15.3. The zero-order valence-electron chi connectivity index (χ0n) is 12.9. The van der Waals surface area contributed by atoms with Gasteiger partial charge in [-0.25, -0.2) is 4.98 Å². The standard InChI is InChI=1S/C16H19N5O/c1-10-8-20(14-6-5-13(7-17-14)11(2)22)9-15-18-19-16(21(10)15)12-3-4-12/h5-7,10,12H,3-4,8-9H2,1-2H3/t10-/m0/s1. The van der Waals surface area contributed by atoms with Crippen LogP contribution in [0.25, 0.3) is 0 Å². The number of hydrogen-bond donors (Lipinski definition) is 0. The number of rotatable bonds is 3. The topological polar surface area (TPSA) is 63.9 Å². The van der Waals surface area contributed by atoms with E-state index in [4.69, 9.17) is 0 Å². The van der Waals surface area contributed by atoms with Gasteiger partial charge in [0.15, 0.2) is 11.6 Å². The van der Waals surface area contributed by atoms with Crippen LogP contribution < -0.4 is 4.90 Å². The summed E-state index contributed by atoms with van der Waals surface area (Å²) in [6.45, 7) is 5.37. The molecular formula is C16H19N5O. The fraction of sp³-hybridized carbons (Fsp3) is 0.500. The highest BCUT2D eigenvalue weighted by Crippen LogP contribution is 2.41. The Kier molecular flexibility index (Phi) is 2.99. The SMILES string of the molecule is CC(=O)c1ccc(N2Cc3nnc(C4CC4)n3[C@@H](C)C2)nc1. The Labute approximate surface area is 129 Å². The number of ketones is 1. The normalized spacial score (nSPS) is 20.8. The van der Waals surface area contributed by atoms with Gasteiger partial charge in [-0.1, -0.05) is 0 Å². The second-order valence-corrected chi connectivity index (χ2v) is 6.31. The van der Waals surface area contributed by atoms with Gasteiger partial charge < -0.3 is 9.47 Å². The molecule has 0 spiro atoms. The fourth-order valence-electron chi connectivity index (χ4n) is 3.14. The third-order valence-electron chi connectivity index (χ3n) is 4.47. The highest BCUT2D eigenvalue weighted by Gasteiger charge is 2.34. The van der Waals surface area contributed by atoms with Gasteiger partial charge in [0.2, 0.25) is 0 Å². The van der Waals surface area contributed by atoms with Crippen LogP contribution in [0.1, 0.15) is 60.7 Å². The number of carbonyl (C=O) groups excluding carboxylic acids is 1. The van der Waals surface area contributed by atoms with Gasteiger partial charge in [-0.2, -0.15) is 0 Å². The van der Waals surface area contributed by atoms with Gasteiger partial charge in [0.1, 0.15) is 11.6 Å². The molecule has 1 aliphatic heterocycles. The lowest BCUT2D eigenvalue weighted by molar-refractivity contribution is 0.101. The van der Waals surface area contributed by atoms with Crippen LogP contribution in [0.2, 0.25) is 0 Å². The Morgan fingerprint density at radius 1 is 1.27 bits per heavy atom. The third-order valence-corrected chi connectivity index (χ3v) is 4.47. The Morgan fingerprint density at radius 2 is 2.09 bits per heavy atom. The number of fused-ring (bicyclic) bond motifs is 1. The molecule has 0 bridgehead atoms. The molecule has 2 aromatic rings. The van der Waals surface area contributed by atoms with Crippen molar-refractivity contribution in [1.29, 1.82) is 0 Å². The number of hydrogen-bond acceptors (Lipinski definition) is 5. The van der Waals surface area contributed by atoms with Crippen LogP contribution in [-0.4, -0.2) is 32.1 Å². The Morgan fingerprint density at radius 3 is 2.73 bits per heavy atom. The highest BCUT2D eigenvalue weighted by atomic mass is 16.1. The molecule has 1 saturated carbocycles. The van der Waals surface area contributed by atoms with E-state index in [0.717, 1.165) is 30.6 Å². The van der Waals surface area contributed by atoms with Crippen LogP contribution in [0.3, 0.4) is 0 Å². The van der Waals surface area contributed by atoms with Gasteiger partial charge in [-0.05, 0) is 38.8 Å². The molecule has 6 heteroatoms. The summed E-state index contributed by atoms with van der Waals surface area (Å²) in [5, 5.41) is 8.78. The lowest BCUT2D eigenvalue weighted by Gasteiger charge is -2.33. The number of carbonyl (C=O) groups is 1. The quantitative estimate of drug-likeness (QED) is 0.814. The number of Topliss-reactive ketones (excluding diaryl/α,β-unsaturated/α-hetero) is 1. The smallest absolute Gasteiger partial charge is 0.161 e. The highest BCUT2D eigenvalue weighted by molar-refractivity contribution is 5.93. The Bertz CT molecular complexity index is 717. The molecule has 22 heavy (non-hydrogen) atoms. The Hall–Kier alpha value is -2.24. The molecule has 2 aliphatic rings. The third kappa shape index (κ3) is 2.19. The van der Waals surface area contributed by atoms with Gasteiger partial charge >= 0.3 is 0 Å². The van der Waals surface area contributed by atoms with Crippen LogP contribution in [0.15, 0.2) is 18.3 Å².